The first-order valence-electron chi connectivity index (χ1n) is 4.31. The van der Waals surface area contributed by atoms with Gasteiger partial charge in [0.1, 0.15) is 5.25 Å². The van der Waals surface area contributed by atoms with Gasteiger partial charge < -0.3 is 9.39 Å². The van der Waals surface area contributed by atoms with Crippen LogP contribution in [0.4, 0.5) is 0 Å². The van der Waals surface area contributed by atoms with Crippen LogP contribution in [0, 0.1) is 0 Å². The molecular weight excluding hydrogens is 274 g/mol. The number of carbonyl (C=O) groups is 3. The zero-order valence-electron chi connectivity index (χ0n) is 8.24. The Kier molecular flexibility index (Phi) is 3.94. The average molecular weight is 283 g/mol. The molecule has 0 bridgehead atoms. The van der Waals surface area contributed by atoms with Gasteiger partial charge in [-0.1, -0.05) is 6.92 Å². The Bertz CT molecular complexity index is 443. The van der Waals surface area contributed by atoms with Crippen molar-refractivity contribution < 1.29 is 23.8 Å². The second kappa shape index (κ2) is 4.70. The standard InChI is InChI=1S/C7H9NO5S3/c1-2-6(10)13-8-5(9)3-4(7(8)11)16(12,14)15/h4H,2-3H2,1H3,(H,12,14,15). The lowest BCUT2D eigenvalue weighted by molar-refractivity contribution is -0.197. The van der Waals surface area contributed by atoms with Gasteiger partial charge in [0.25, 0.3) is 11.8 Å². The van der Waals surface area contributed by atoms with Crippen molar-refractivity contribution in [1.29, 1.82) is 0 Å². The first kappa shape index (κ1) is 13.4. The zero-order chi connectivity index (χ0) is 12.5. The van der Waals surface area contributed by atoms with Crippen LogP contribution in [0.2, 0.25) is 0 Å². The van der Waals surface area contributed by atoms with Crippen molar-refractivity contribution in [3.05, 3.63) is 0 Å². The summed E-state index contributed by atoms with van der Waals surface area (Å²) in [5.41, 5.74) is 0. The molecule has 0 aromatic rings. The van der Waals surface area contributed by atoms with Crippen LogP contribution in [0.25, 0.3) is 0 Å². The molecule has 0 saturated carbocycles. The molecule has 0 aliphatic carbocycles. The topological polar surface area (TPSA) is 83.9 Å². The van der Waals surface area contributed by atoms with Crippen LogP contribution < -0.4 is 0 Å². The highest BCUT2D eigenvalue weighted by Gasteiger charge is 2.44. The molecule has 0 aromatic carbocycles. The van der Waals surface area contributed by atoms with E-state index in [1.165, 1.54) is 6.92 Å². The fourth-order valence-electron chi connectivity index (χ4n) is 1.08. The number of hydrogen-bond donors (Lipinski definition) is 1. The van der Waals surface area contributed by atoms with E-state index < -0.39 is 30.5 Å². The summed E-state index contributed by atoms with van der Waals surface area (Å²) in [7, 11) is -3.00. The van der Waals surface area contributed by atoms with Gasteiger partial charge in [0, 0.05) is 13.8 Å². The molecule has 2 amide bonds. The SMILES string of the molecule is CCC(=O)ON1C(=O)CC(S(O)(=S)=S)C1=O. The maximum Gasteiger partial charge on any atom is 0.332 e. The first-order valence-corrected chi connectivity index (χ1v) is 7.81. The van der Waals surface area contributed by atoms with E-state index in [1.54, 1.807) is 0 Å². The molecule has 90 valence electrons. The maximum absolute atomic E-state index is 11.6. The largest absolute Gasteiger partial charge is 0.332 e. The summed E-state index contributed by atoms with van der Waals surface area (Å²) in [4.78, 5) is 38.4. The zero-order valence-corrected chi connectivity index (χ0v) is 10.7. The Morgan fingerprint density at radius 1 is 1.62 bits per heavy atom. The molecule has 1 aliphatic heterocycles. The van der Waals surface area contributed by atoms with Crippen molar-refractivity contribution in [2.75, 3.05) is 0 Å². The molecular formula is C7H9NO5S3. The smallest absolute Gasteiger partial charge is 0.330 e. The van der Waals surface area contributed by atoms with Crippen molar-refractivity contribution in [2.24, 2.45) is 0 Å². The Labute approximate surface area is 102 Å². The average Bonchev–Trinajstić information content (AvgIpc) is 2.44. The molecule has 1 heterocycles. The Morgan fingerprint density at radius 2 is 2.19 bits per heavy atom. The molecule has 1 N–H and O–H groups in total. The number of amides is 2. The summed E-state index contributed by atoms with van der Waals surface area (Å²) in [5, 5.41) is -0.803. The summed E-state index contributed by atoms with van der Waals surface area (Å²) in [6.45, 7) is 1.52. The van der Waals surface area contributed by atoms with E-state index in [-0.39, 0.29) is 12.8 Å². The minimum atomic E-state index is -3.00. The van der Waals surface area contributed by atoms with E-state index >= 15 is 0 Å². The van der Waals surface area contributed by atoms with Gasteiger partial charge in [-0.2, -0.15) is 0 Å². The molecule has 0 aromatic heterocycles. The van der Waals surface area contributed by atoms with Crippen molar-refractivity contribution in [2.45, 2.75) is 25.0 Å². The molecule has 6 nitrogen and oxygen atoms in total. The number of nitrogens with zero attached hydrogens (tertiary/aromatic N) is 1. The predicted molar refractivity (Wildman–Crippen MR) is 61.4 cm³/mol. The van der Waals surface area contributed by atoms with Gasteiger partial charge in [-0.05, 0) is 22.4 Å². The maximum atomic E-state index is 11.6. The van der Waals surface area contributed by atoms with Crippen LogP contribution in [0.15, 0.2) is 0 Å². The Balaban J connectivity index is 2.88. The van der Waals surface area contributed by atoms with Gasteiger partial charge >= 0.3 is 5.97 Å². The lowest BCUT2D eigenvalue weighted by Crippen LogP contribution is -2.36. The number of imide groups is 1. The third-order valence-corrected chi connectivity index (χ3v) is 4.38. The van der Waals surface area contributed by atoms with Crippen LogP contribution in [-0.4, -0.2) is 32.6 Å². The number of hydroxylamine groups is 2. The third-order valence-electron chi connectivity index (χ3n) is 1.90. The minimum Gasteiger partial charge on any atom is -0.330 e. The quantitative estimate of drug-likeness (QED) is 0.701. The summed E-state index contributed by atoms with van der Waals surface area (Å²) in [6.07, 6.45) is -0.282. The first-order chi connectivity index (χ1) is 7.27. The van der Waals surface area contributed by atoms with Crippen LogP contribution in [0.1, 0.15) is 19.8 Å². The van der Waals surface area contributed by atoms with Crippen LogP contribution in [0.5, 0.6) is 0 Å². The lowest BCUT2D eigenvalue weighted by Gasteiger charge is -2.13. The summed E-state index contributed by atoms with van der Waals surface area (Å²) < 4.78 is 9.39. The Hall–Kier alpha value is -0.640. The third kappa shape index (κ3) is 2.73. The van der Waals surface area contributed by atoms with E-state index in [4.69, 9.17) is 0 Å². The van der Waals surface area contributed by atoms with E-state index in [9.17, 15) is 18.9 Å². The van der Waals surface area contributed by atoms with Crippen molar-refractivity contribution in [3.63, 3.8) is 0 Å². The number of hydrogen-bond acceptors (Lipinski definition) is 6. The molecule has 1 saturated heterocycles. The van der Waals surface area contributed by atoms with Gasteiger partial charge in [-0.25, -0.2) is 4.79 Å². The molecule has 0 spiro atoms. The molecule has 1 aliphatic rings. The molecule has 1 fully saturated rings. The molecule has 1 unspecified atom stereocenters. The van der Waals surface area contributed by atoms with Gasteiger partial charge in [-0.15, -0.1) is 5.06 Å². The van der Waals surface area contributed by atoms with E-state index in [0.717, 1.165) is 0 Å². The van der Waals surface area contributed by atoms with Gasteiger partial charge in [0.05, 0.1) is 6.42 Å². The Morgan fingerprint density at radius 3 is 2.56 bits per heavy atom. The second-order valence-electron chi connectivity index (χ2n) is 3.05. The number of carbonyl (C=O) groups excluding carboxylic acids is 3. The molecule has 1 atom stereocenters. The van der Waals surface area contributed by atoms with Crippen LogP contribution >= 0.6 is 0 Å². The van der Waals surface area contributed by atoms with Crippen LogP contribution in [-0.2, 0) is 49.0 Å². The molecule has 0 radical (unpaired) electrons. The summed E-state index contributed by atoms with van der Waals surface area (Å²) >= 11 is 9.17. The van der Waals surface area contributed by atoms with E-state index in [0.29, 0.717) is 5.06 Å². The minimum absolute atomic E-state index is 0.0284. The predicted octanol–water partition coefficient (Wildman–Crippen LogP) is -0.467. The summed E-state index contributed by atoms with van der Waals surface area (Å²) in [6, 6.07) is 0. The molecule has 9 heteroatoms. The highest BCUT2D eigenvalue weighted by Crippen LogP contribution is 2.20. The fourth-order valence-corrected chi connectivity index (χ4v) is 2.68. The van der Waals surface area contributed by atoms with Crippen molar-refractivity contribution >= 4 is 47.6 Å². The normalized spacial score (nSPS) is 21.4. The highest BCUT2D eigenvalue weighted by molar-refractivity contribution is 8.54. The second-order valence-corrected chi connectivity index (χ2v) is 8.33. The monoisotopic (exact) mass is 283 g/mol. The lowest BCUT2D eigenvalue weighted by atomic mass is 10.4. The molecule has 16 heavy (non-hydrogen) atoms. The molecule has 1 rings (SSSR count). The van der Waals surface area contributed by atoms with Gasteiger partial charge in [-0.3, -0.25) is 9.59 Å². The number of rotatable bonds is 3. The highest BCUT2D eigenvalue weighted by atomic mass is 33.1. The summed E-state index contributed by atoms with van der Waals surface area (Å²) in [5.74, 6) is -2.26. The van der Waals surface area contributed by atoms with Crippen molar-refractivity contribution in [3.8, 4) is 0 Å². The van der Waals surface area contributed by atoms with E-state index in [1.807, 2.05) is 0 Å². The fraction of sp³-hybridized carbons (Fsp3) is 0.571. The van der Waals surface area contributed by atoms with Crippen LogP contribution in [0.3, 0.4) is 0 Å². The van der Waals surface area contributed by atoms with Gasteiger partial charge in [0.15, 0.2) is 0 Å². The van der Waals surface area contributed by atoms with Gasteiger partial charge in [0.2, 0.25) is 0 Å². The van der Waals surface area contributed by atoms with E-state index in [2.05, 4.69) is 27.2 Å². The van der Waals surface area contributed by atoms with Crippen molar-refractivity contribution in [1.82, 2.24) is 5.06 Å².